The predicted molar refractivity (Wildman–Crippen MR) is 155 cm³/mol. The van der Waals surface area contributed by atoms with Crippen LogP contribution in [0.3, 0.4) is 0 Å². The Morgan fingerprint density at radius 1 is 0.444 bits per heavy atom. The maximum atomic E-state index is 5.37. The fourth-order valence-electron chi connectivity index (χ4n) is 4.60. The van der Waals surface area contributed by atoms with E-state index >= 15 is 0 Å². The summed E-state index contributed by atoms with van der Waals surface area (Å²) < 4.78 is 10.7. The van der Waals surface area contributed by atoms with Gasteiger partial charge < -0.3 is 9.47 Å². The third-order valence-electron chi connectivity index (χ3n) is 6.75. The van der Waals surface area contributed by atoms with Gasteiger partial charge in [-0.2, -0.15) is 0 Å². The van der Waals surface area contributed by atoms with Crippen molar-refractivity contribution in [3.8, 4) is 11.5 Å². The zero-order valence-electron chi connectivity index (χ0n) is 21.2. The highest BCUT2D eigenvalue weighted by atomic mass is 16.5. The number of methoxy groups -OCH3 is 2. The summed E-state index contributed by atoms with van der Waals surface area (Å²) in [5.74, 6) is 1.75. The lowest BCUT2D eigenvalue weighted by Crippen LogP contribution is -1.88. The average Bonchev–Trinajstić information content (AvgIpc) is 2.90. The number of aryl methyl sites for hydroxylation is 2. The van der Waals surface area contributed by atoms with E-state index < -0.39 is 0 Å². The molecule has 0 spiro atoms. The minimum absolute atomic E-state index is 0.876. The zero-order chi connectivity index (χ0) is 25.1. The average molecular weight is 471 g/mol. The smallest absolute Gasteiger partial charge is 0.119 e. The van der Waals surface area contributed by atoms with Crippen LogP contribution in [-0.2, 0) is 0 Å². The molecule has 0 N–H and O–H groups in total. The van der Waals surface area contributed by atoms with Crippen LogP contribution in [0.5, 0.6) is 11.5 Å². The van der Waals surface area contributed by atoms with Gasteiger partial charge in [-0.1, -0.05) is 60.7 Å². The molecule has 36 heavy (non-hydrogen) atoms. The van der Waals surface area contributed by atoms with Crippen molar-refractivity contribution in [1.82, 2.24) is 0 Å². The predicted octanol–water partition coefficient (Wildman–Crippen LogP) is 8.97. The lowest BCUT2D eigenvalue weighted by atomic mass is 9.96. The van der Waals surface area contributed by atoms with Crippen LogP contribution in [0.4, 0.5) is 0 Å². The Hall–Kier alpha value is -4.30. The van der Waals surface area contributed by atoms with Gasteiger partial charge in [-0.3, -0.25) is 0 Å². The van der Waals surface area contributed by atoms with Crippen molar-refractivity contribution in [2.75, 3.05) is 14.2 Å². The van der Waals surface area contributed by atoms with Gasteiger partial charge in [-0.05, 0) is 117 Å². The van der Waals surface area contributed by atoms with E-state index in [0.717, 1.165) is 11.5 Å². The summed E-state index contributed by atoms with van der Waals surface area (Å²) in [7, 11) is 3.40. The molecule has 178 valence electrons. The quantitative estimate of drug-likeness (QED) is 0.182. The lowest BCUT2D eigenvalue weighted by molar-refractivity contribution is 0.414. The molecule has 0 saturated carbocycles. The minimum Gasteiger partial charge on any atom is -0.497 e. The Balaban J connectivity index is 1.61. The van der Waals surface area contributed by atoms with Gasteiger partial charge in [0, 0.05) is 0 Å². The highest BCUT2D eigenvalue weighted by molar-refractivity contribution is 6.01. The number of hydrogen-bond acceptors (Lipinski definition) is 2. The molecular weight excluding hydrogens is 440 g/mol. The van der Waals surface area contributed by atoms with Crippen molar-refractivity contribution >= 4 is 45.8 Å². The Kier molecular flexibility index (Phi) is 6.60. The number of fused-ring (bicyclic) bond motifs is 2. The van der Waals surface area contributed by atoms with Gasteiger partial charge in [-0.25, -0.2) is 0 Å². The molecular formula is C34H30O2. The summed E-state index contributed by atoms with van der Waals surface area (Å²) in [5.41, 5.74) is 7.07. The molecule has 0 bridgehead atoms. The fraction of sp³-hybridized carbons (Fsp3) is 0.118. The normalized spacial score (nSPS) is 11.7. The Bertz CT molecular complexity index is 1500. The zero-order valence-corrected chi connectivity index (χ0v) is 21.2. The van der Waals surface area contributed by atoms with E-state index in [0.29, 0.717) is 0 Å². The molecule has 0 heterocycles. The summed E-state index contributed by atoms with van der Waals surface area (Å²) >= 11 is 0. The standard InChI is InChI=1S/C34H30O2/c1-23-17-33(35-3)15-13-25(23)9-11-29-21-31-19-27-7-5-6-8-28(27)20-32(31)22-30(29)12-10-26-14-16-34(36-4)18-24(26)2/h5-22H,1-4H3. The van der Waals surface area contributed by atoms with Crippen LogP contribution < -0.4 is 9.47 Å². The van der Waals surface area contributed by atoms with Crippen molar-refractivity contribution in [2.24, 2.45) is 0 Å². The molecule has 0 aliphatic heterocycles. The summed E-state index contributed by atoms with van der Waals surface area (Å²) in [6, 6.07) is 30.0. The van der Waals surface area contributed by atoms with E-state index in [1.165, 1.54) is 54.9 Å². The van der Waals surface area contributed by atoms with E-state index in [4.69, 9.17) is 9.47 Å². The second-order valence-electron chi connectivity index (χ2n) is 9.14. The molecule has 5 aromatic rings. The highest BCUT2D eigenvalue weighted by Crippen LogP contribution is 2.29. The Morgan fingerprint density at radius 2 is 0.861 bits per heavy atom. The largest absolute Gasteiger partial charge is 0.497 e. The van der Waals surface area contributed by atoms with Crippen LogP contribution in [0.2, 0.25) is 0 Å². The molecule has 0 atom stereocenters. The Morgan fingerprint density at radius 3 is 1.25 bits per heavy atom. The molecule has 2 heteroatoms. The van der Waals surface area contributed by atoms with Gasteiger partial charge in [0.05, 0.1) is 14.2 Å². The van der Waals surface area contributed by atoms with Gasteiger partial charge in [0.1, 0.15) is 11.5 Å². The summed E-state index contributed by atoms with van der Waals surface area (Å²) in [6.07, 6.45) is 8.80. The van der Waals surface area contributed by atoms with Gasteiger partial charge >= 0.3 is 0 Å². The van der Waals surface area contributed by atoms with Gasteiger partial charge in [-0.15, -0.1) is 0 Å². The van der Waals surface area contributed by atoms with Crippen molar-refractivity contribution in [2.45, 2.75) is 13.8 Å². The first-order chi connectivity index (χ1) is 17.5. The number of hydrogen-bond donors (Lipinski definition) is 0. The van der Waals surface area contributed by atoms with Crippen molar-refractivity contribution < 1.29 is 9.47 Å². The molecule has 0 radical (unpaired) electrons. The molecule has 0 unspecified atom stereocenters. The first-order valence-electron chi connectivity index (χ1n) is 12.2. The molecule has 5 rings (SSSR count). The molecule has 5 aromatic carbocycles. The molecule has 0 aliphatic rings. The minimum atomic E-state index is 0.876. The molecule has 0 amide bonds. The van der Waals surface area contributed by atoms with Crippen LogP contribution in [0, 0.1) is 13.8 Å². The SMILES string of the molecule is COc1ccc(C=Cc2cc3cc4ccccc4cc3cc2C=Cc2ccc(OC)cc2C)c(C)c1. The van der Waals surface area contributed by atoms with Crippen LogP contribution in [-0.4, -0.2) is 14.2 Å². The third kappa shape index (κ3) is 4.89. The van der Waals surface area contributed by atoms with Crippen molar-refractivity contribution in [3.05, 3.63) is 118 Å². The maximum absolute atomic E-state index is 5.37. The monoisotopic (exact) mass is 470 g/mol. The number of benzene rings is 5. The molecule has 0 saturated heterocycles. The van der Waals surface area contributed by atoms with E-state index in [1.54, 1.807) is 14.2 Å². The van der Waals surface area contributed by atoms with Crippen LogP contribution in [0.25, 0.3) is 45.8 Å². The topological polar surface area (TPSA) is 18.5 Å². The maximum Gasteiger partial charge on any atom is 0.119 e. The second-order valence-corrected chi connectivity index (χ2v) is 9.14. The fourth-order valence-corrected chi connectivity index (χ4v) is 4.60. The summed E-state index contributed by atoms with van der Waals surface area (Å²) in [5, 5.41) is 4.97. The highest BCUT2D eigenvalue weighted by Gasteiger charge is 2.05. The van der Waals surface area contributed by atoms with Crippen LogP contribution in [0.1, 0.15) is 33.4 Å². The first kappa shape index (κ1) is 23.4. The van der Waals surface area contributed by atoms with E-state index in [1.807, 2.05) is 12.1 Å². The Labute approximate surface area is 213 Å². The molecule has 0 fully saturated rings. The number of ether oxygens (including phenoxy) is 2. The molecule has 0 aliphatic carbocycles. The van der Waals surface area contributed by atoms with Crippen molar-refractivity contribution in [3.63, 3.8) is 0 Å². The van der Waals surface area contributed by atoms with E-state index in [9.17, 15) is 0 Å². The molecule has 2 nitrogen and oxygen atoms in total. The first-order valence-corrected chi connectivity index (χ1v) is 12.2. The number of rotatable bonds is 6. The summed E-state index contributed by atoms with van der Waals surface area (Å²) in [4.78, 5) is 0. The molecule has 0 aromatic heterocycles. The third-order valence-corrected chi connectivity index (χ3v) is 6.75. The van der Waals surface area contributed by atoms with Crippen LogP contribution >= 0.6 is 0 Å². The van der Waals surface area contributed by atoms with Crippen molar-refractivity contribution in [1.29, 1.82) is 0 Å². The van der Waals surface area contributed by atoms with Gasteiger partial charge in [0.25, 0.3) is 0 Å². The summed E-state index contributed by atoms with van der Waals surface area (Å²) in [6.45, 7) is 4.23. The van der Waals surface area contributed by atoms with E-state index in [-0.39, 0.29) is 0 Å². The lowest BCUT2D eigenvalue weighted by Gasteiger charge is -2.09. The van der Waals surface area contributed by atoms with Crippen LogP contribution in [0.15, 0.2) is 84.9 Å². The van der Waals surface area contributed by atoms with Gasteiger partial charge in [0.2, 0.25) is 0 Å². The van der Waals surface area contributed by atoms with E-state index in [2.05, 4.69) is 111 Å². The van der Waals surface area contributed by atoms with Gasteiger partial charge in [0.15, 0.2) is 0 Å². The second kappa shape index (κ2) is 10.1.